The average Bonchev–Trinajstić information content (AvgIpc) is 3.39. The summed E-state index contributed by atoms with van der Waals surface area (Å²) < 4.78 is 0. The van der Waals surface area contributed by atoms with Crippen LogP contribution >= 0.6 is 0 Å². The molecule has 0 spiro atoms. The van der Waals surface area contributed by atoms with Gasteiger partial charge in [-0.2, -0.15) is 4.98 Å². The van der Waals surface area contributed by atoms with E-state index in [1.807, 2.05) is 24.3 Å². The second-order valence-corrected chi connectivity index (χ2v) is 7.38. The molecule has 1 atom stereocenters. The van der Waals surface area contributed by atoms with E-state index in [9.17, 15) is 9.59 Å². The monoisotopic (exact) mass is 395 g/mol. The number of nitrogens with zero attached hydrogens (tertiary/aromatic N) is 3. The van der Waals surface area contributed by atoms with Crippen LogP contribution in [0.1, 0.15) is 36.0 Å². The molecule has 9 nitrogen and oxygen atoms in total. The molecule has 1 saturated carbocycles. The number of carbonyl (C=O) groups excluding carboxylic acids is 2. The first-order valence-corrected chi connectivity index (χ1v) is 9.84. The predicted octanol–water partition coefficient (Wildman–Crippen LogP) is 1.61. The van der Waals surface area contributed by atoms with Gasteiger partial charge in [0.05, 0.1) is 5.56 Å². The molecule has 2 amide bonds. The number of likely N-dealkylation sites (N-methyl/N-ethyl adjacent to an activating group) is 1. The number of benzene rings is 1. The summed E-state index contributed by atoms with van der Waals surface area (Å²) >= 11 is 0. The number of anilines is 4. The molecule has 1 aliphatic carbocycles. The Hall–Kier alpha value is -3.36. The summed E-state index contributed by atoms with van der Waals surface area (Å²) in [6, 6.07) is 8.01. The Morgan fingerprint density at radius 3 is 2.59 bits per heavy atom. The topological polar surface area (TPSA) is 125 Å². The van der Waals surface area contributed by atoms with E-state index < -0.39 is 5.91 Å². The largest absolute Gasteiger partial charge is 0.367 e. The fraction of sp³-hybridized carbons (Fsp3) is 0.400. The van der Waals surface area contributed by atoms with Gasteiger partial charge in [-0.05, 0) is 49.9 Å². The molecular formula is C20H25N7O2. The highest BCUT2D eigenvalue weighted by Gasteiger charge is 2.30. The Morgan fingerprint density at radius 2 is 1.93 bits per heavy atom. The smallest absolute Gasteiger partial charge is 0.254 e. The molecule has 9 heteroatoms. The van der Waals surface area contributed by atoms with E-state index in [2.05, 4.69) is 30.8 Å². The van der Waals surface area contributed by atoms with E-state index in [1.165, 1.54) is 6.20 Å². The minimum Gasteiger partial charge on any atom is -0.367 e. The third-order valence-corrected chi connectivity index (χ3v) is 5.23. The van der Waals surface area contributed by atoms with E-state index in [0.29, 0.717) is 17.8 Å². The quantitative estimate of drug-likeness (QED) is 0.561. The lowest BCUT2D eigenvalue weighted by molar-refractivity contribution is -0.121. The average molecular weight is 395 g/mol. The van der Waals surface area contributed by atoms with Gasteiger partial charge in [0.25, 0.3) is 5.91 Å². The van der Waals surface area contributed by atoms with Crippen molar-refractivity contribution in [3.8, 4) is 0 Å². The number of nitrogens with two attached hydrogens (primary N) is 1. The maximum absolute atomic E-state index is 12.1. The summed E-state index contributed by atoms with van der Waals surface area (Å²) in [7, 11) is 1.67. The Balaban J connectivity index is 1.48. The van der Waals surface area contributed by atoms with Gasteiger partial charge >= 0.3 is 0 Å². The molecule has 0 unspecified atom stereocenters. The fourth-order valence-electron chi connectivity index (χ4n) is 3.53. The molecule has 2 aliphatic rings. The van der Waals surface area contributed by atoms with Crippen molar-refractivity contribution in [2.75, 3.05) is 29.1 Å². The molecule has 2 fully saturated rings. The number of carbonyl (C=O) groups is 2. The van der Waals surface area contributed by atoms with Crippen LogP contribution in [0, 0.1) is 0 Å². The van der Waals surface area contributed by atoms with Crippen molar-refractivity contribution in [1.29, 1.82) is 0 Å². The third kappa shape index (κ3) is 4.23. The van der Waals surface area contributed by atoms with Crippen LogP contribution in [0.2, 0.25) is 0 Å². The first kappa shape index (κ1) is 19.0. The highest BCUT2D eigenvalue weighted by molar-refractivity contribution is 5.97. The van der Waals surface area contributed by atoms with Gasteiger partial charge in [-0.1, -0.05) is 0 Å². The minimum atomic E-state index is -0.555. The summed E-state index contributed by atoms with van der Waals surface area (Å²) in [4.78, 5) is 34.4. The van der Waals surface area contributed by atoms with Crippen molar-refractivity contribution in [2.45, 2.75) is 37.8 Å². The molecule has 152 valence electrons. The van der Waals surface area contributed by atoms with Gasteiger partial charge in [0.1, 0.15) is 11.9 Å². The molecule has 1 aliphatic heterocycles. The summed E-state index contributed by atoms with van der Waals surface area (Å²) in [5.41, 5.74) is 7.52. The first-order chi connectivity index (χ1) is 14.0. The van der Waals surface area contributed by atoms with Crippen LogP contribution in [-0.4, -0.2) is 47.5 Å². The van der Waals surface area contributed by atoms with E-state index >= 15 is 0 Å². The predicted molar refractivity (Wildman–Crippen MR) is 111 cm³/mol. The Labute approximate surface area is 169 Å². The molecule has 0 radical (unpaired) electrons. The summed E-state index contributed by atoms with van der Waals surface area (Å²) in [5, 5.41) is 9.12. The van der Waals surface area contributed by atoms with Crippen molar-refractivity contribution in [2.24, 2.45) is 5.73 Å². The number of rotatable bonds is 7. The second-order valence-electron chi connectivity index (χ2n) is 7.38. The number of amides is 2. The lowest BCUT2D eigenvalue weighted by Crippen LogP contribution is -2.41. The Morgan fingerprint density at radius 1 is 1.17 bits per heavy atom. The van der Waals surface area contributed by atoms with E-state index in [-0.39, 0.29) is 17.5 Å². The highest BCUT2D eigenvalue weighted by Crippen LogP contribution is 2.29. The number of aromatic nitrogens is 2. The lowest BCUT2D eigenvalue weighted by atomic mass is 10.2. The van der Waals surface area contributed by atoms with Crippen LogP contribution in [0.25, 0.3) is 0 Å². The molecule has 1 aromatic heterocycles. The SMILES string of the molecule is CNC(=O)[C@H]1CCCN1c1ccc(Nc2ncc(C(N)=O)c(NC3CC3)n2)cc1. The van der Waals surface area contributed by atoms with Gasteiger partial charge in [-0.3, -0.25) is 9.59 Å². The minimum absolute atomic E-state index is 0.0448. The summed E-state index contributed by atoms with van der Waals surface area (Å²) in [6.45, 7) is 0.860. The van der Waals surface area contributed by atoms with Crippen LogP contribution in [-0.2, 0) is 4.79 Å². The Bertz CT molecular complexity index is 912. The molecule has 2 heterocycles. The summed E-state index contributed by atoms with van der Waals surface area (Å²) in [6.07, 6.45) is 5.40. The zero-order valence-electron chi connectivity index (χ0n) is 16.3. The standard InChI is InChI=1S/C20H25N7O2/c1-22-19(29)16-3-2-10-27(16)14-8-6-13(7-9-14)25-20-23-11-15(17(21)28)18(26-20)24-12-4-5-12/h6-9,11-12,16H,2-5,10H2,1H3,(H2,21,28)(H,22,29)(H2,23,24,25,26)/t16-/m1/s1. The number of hydrogen-bond donors (Lipinski definition) is 4. The van der Waals surface area contributed by atoms with Crippen LogP contribution in [0.3, 0.4) is 0 Å². The van der Waals surface area contributed by atoms with Crippen molar-refractivity contribution in [3.63, 3.8) is 0 Å². The first-order valence-electron chi connectivity index (χ1n) is 9.84. The van der Waals surface area contributed by atoms with Crippen molar-refractivity contribution < 1.29 is 9.59 Å². The van der Waals surface area contributed by atoms with Crippen LogP contribution < -0.4 is 26.6 Å². The molecule has 4 rings (SSSR count). The lowest BCUT2D eigenvalue weighted by Gasteiger charge is -2.25. The third-order valence-electron chi connectivity index (χ3n) is 5.23. The van der Waals surface area contributed by atoms with Crippen LogP contribution in [0.4, 0.5) is 23.1 Å². The van der Waals surface area contributed by atoms with Crippen molar-refractivity contribution in [1.82, 2.24) is 15.3 Å². The zero-order valence-corrected chi connectivity index (χ0v) is 16.3. The van der Waals surface area contributed by atoms with E-state index in [4.69, 9.17) is 5.73 Å². The van der Waals surface area contributed by atoms with Gasteiger partial charge in [-0.25, -0.2) is 4.98 Å². The van der Waals surface area contributed by atoms with Gasteiger partial charge < -0.3 is 26.6 Å². The van der Waals surface area contributed by atoms with Crippen molar-refractivity contribution >= 4 is 35.0 Å². The maximum atomic E-state index is 12.1. The number of primary amides is 1. The molecule has 2 aromatic rings. The van der Waals surface area contributed by atoms with Crippen LogP contribution in [0.15, 0.2) is 30.5 Å². The molecule has 1 aromatic carbocycles. The number of hydrogen-bond acceptors (Lipinski definition) is 7. The molecule has 0 bridgehead atoms. The number of nitrogens with one attached hydrogen (secondary N) is 3. The molecule has 29 heavy (non-hydrogen) atoms. The van der Waals surface area contributed by atoms with E-state index in [0.717, 1.165) is 43.6 Å². The summed E-state index contributed by atoms with van der Waals surface area (Å²) in [5.74, 6) is 0.332. The molecule has 5 N–H and O–H groups in total. The maximum Gasteiger partial charge on any atom is 0.254 e. The zero-order chi connectivity index (χ0) is 20.4. The fourth-order valence-corrected chi connectivity index (χ4v) is 3.53. The normalized spacial score (nSPS) is 18.4. The van der Waals surface area contributed by atoms with Crippen molar-refractivity contribution in [3.05, 3.63) is 36.0 Å². The Kier molecular flexibility index (Phi) is 5.20. The molecular weight excluding hydrogens is 370 g/mol. The highest BCUT2D eigenvalue weighted by atomic mass is 16.2. The molecule has 1 saturated heterocycles. The second kappa shape index (κ2) is 7.94. The van der Waals surface area contributed by atoms with Gasteiger partial charge in [0.15, 0.2) is 0 Å². The van der Waals surface area contributed by atoms with Crippen LogP contribution in [0.5, 0.6) is 0 Å². The van der Waals surface area contributed by atoms with Gasteiger partial charge in [-0.15, -0.1) is 0 Å². The van der Waals surface area contributed by atoms with Gasteiger partial charge in [0, 0.05) is 37.2 Å². The van der Waals surface area contributed by atoms with Gasteiger partial charge in [0.2, 0.25) is 11.9 Å². The van der Waals surface area contributed by atoms with E-state index in [1.54, 1.807) is 7.05 Å².